The van der Waals surface area contributed by atoms with Crippen LogP contribution >= 0.6 is 0 Å². The second-order valence-electron chi connectivity index (χ2n) is 11.6. The molecule has 7 rings (SSSR count). The molecule has 12 nitrogen and oxygen atoms in total. The van der Waals surface area contributed by atoms with Gasteiger partial charge in [0, 0.05) is 11.8 Å². The molecule has 2 saturated heterocycles. The third-order valence-corrected chi connectivity index (χ3v) is 9.07. The molecule has 0 spiro atoms. The quantitative estimate of drug-likeness (QED) is 0.217. The van der Waals surface area contributed by atoms with Crippen LogP contribution in [0.15, 0.2) is 72.8 Å². The summed E-state index contributed by atoms with van der Waals surface area (Å²) in [6.07, 6.45) is 3.86. The van der Waals surface area contributed by atoms with Gasteiger partial charge in [0.1, 0.15) is 12.1 Å². The average molecular weight is 601 g/mol. The highest BCUT2D eigenvalue weighted by Crippen LogP contribution is 2.57. The molecule has 2 aromatic carbocycles. The number of ether oxygens (including phenoxy) is 2. The highest BCUT2D eigenvalue weighted by atomic mass is 16.6. The standard InChI is InChI=1S/C32H32N4O8/c33-21(13-17-7-3-1-4-8-17)31(41)43-15-35-27(37)23-19-11-12-20(24(23)28(35)38)26-25(19)29(39)36(30(26)40)16-44-32(42)22(34)14-18-9-5-2-6-10-18/h1-12,19-26H,13-16,33-34H2. The van der Waals surface area contributed by atoms with Crippen LogP contribution in [0.4, 0.5) is 0 Å². The smallest absolute Gasteiger partial charge is 0.324 e. The van der Waals surface area contributed by atoms with Gasteiger partial charge in [0.15, 0.2) is 13.5 Å². The Morgan fingerprint density at radius 1 is 0.591 bits per heavy atom. The minimum Gasteiger partial charge on any atom is -0.443 e. The fourth-order valence-electron chi connectivity index (χ4n) is 6.98. The van der Waals surface area contributed by atoms with Crippen LogP contribution in [0.3, 0.4) is 0 Å². The van der Waals surface area contributed by atoms with Crippen LogP contribution in [0.5, 0.6) is 0 Å². The molecule has 2 aliphatic heterocycles. The van der Waals surface area contributed by atoms with Crippen molar-refractivity contribution in [3.63, 3.8) is 0 Å². The molecule has 0 aromatic heterocycles. The van der Waals surface area contributed by atoms with Gasteiger partial charge in [0.2, 0.25) is 23.6 Å². The number of hydrogen-bond acceptors (Lipinski definition) is 10. The molecule has 6 atom stereocenters. The Bertz CT molecular complexity index is 1370. The first-order chi connectivity index (χ1) is 21.2. The van der Waals surface area contributed by atoms with Crippen molar-refractivity contribution in [2.45, 2.75) is 24.9 Å². The van der Waals surface area contributed by atoms with Crippen molar-refractivity contribution >= 4 is 35.6 Å². The lowest BCUT2D eigenvalue weighted by Crippen LogP contribution is -2.50. The molecule has 3 aliphatic carbocycles. The van der Waals surface area contributed by atoms with Gasteiger partial charge < -0.3 is 20.9 Å². The monoisotopic (exact) mass is 600 g/mol. The number of nitrogens with two attached hydrogens (primary N) is 2. The molecule has 12 heteroatoms. The number of imide groups is 2. The summed E-state index contributed by atoms with van der Waals surface area (Å²) in [4.78, 5) is 80.7. The van der Waals surface area contributed by atoms with Gasteiger partial charge in [-0.2, -0.15) is 0 Å². The maximum Gasteiger partial charge on any atom is 0.324 e. The predicted molar refractivity (Wildman–Crippen MR) is 152 cm³/mol. The van der Waals surface area contributed by atoms with Crippen molar-refractivity contribution in [2.75, 3.05) is 13.5 Å². The van der Waals surface area contributed by atoms with Crippen molar-refractivity contribution in [1.29, 1.82) is 0 Å². The van der Waals surface area contributed by atoms with E-state index >= 15 is 0 Å². The Hall–Kier alpha value is -4.68. The lowest BCUT2D eigenvalue weighted by molar-refractivity contribution is -0.158. The Kier molecular flexibility index (Phi) is 7.87. The van der Waals surface area contributed by atoms with E-state index in [0.717, 1.165) is 20.9 Å². The summed E-state index contributed by atoms with van der Waals surface area (Å²) in [5.74, 6) is -8.76. The lowest BCUT2D eigenvalue weighted by Gasteiger charge is -2.44. The van der Waals surface area contributed by atoms with E-state index < -0.39 is 96.6 Å². The van der Waals surface area contributed by atoms with Crippen LogP contribution in [0, 0.1) is 35.5 Å². The summed E-state index contributed by atoms with van der Waals surface area (Å²) in [7, 11) is 0. The van der Waals surface area contributed by atoms with Crippen molar-refractivity contribution in [3.8, 4) is 0 Å². The molecule has 2 aromatic rings. The molecule has 6 unspecified atom stereocenters. The van der Waals surface area contributed by atoms with Crippen LogP contribution in [0.25, 0.3) is 0 Å². The van der Waals surface area contributed by atoms with Gasteiger partial charge in [-0.15, -0.1) is 0 Å². The number of rotatable bonds is 10. The number of amides is 4. The lowest BCUT2D eigenvalue weighted by atomic mass is 9.54. The van der Waals surface area contributed by atoms with Gasteiger partial charge in [0.05, 0.1) is 23.7 Å². The zero-order valence-corrected chi connectivity index (χ0v) is 23.7. The number of carbonyl (C=O) groups is 6. The number of carbonyl (C=O) groups excluding carboxylic acids is 6. The summed E-state index contributed by atoms with van der Waals surface area (Å²) in [5.41, 5.74) is 13.6. The second-order valence-corrected chi connectivity index (χ2v) is 11.6. The van der Waals surface area contributed by atoms with E-state index in [1.807, 2.05) is 60.7 Å². The molecule has 44 heavy (non-hydrogen) atoms. The highest BCUT2D eigenvalue weighted by Gasteiger charge is 2.68. The van der Waals surface area contributed by atoms with Gasteiger partial charge in [-0.25, -0.2) is 9.80 Å². The normalized spacial score (nSPS) is 28.1. The van der Waals surface area contributed by atoms with Crippen LogP contribution in [0.1, 0.15) is 11.1 Å². The zero-order chi connectivity index (χ0) is 31.1. The maximum absolute atomic E-state index is 13.5. The molecule has 2 bridgehead atoms. The first-order valence-electron chi connectivity index (χ1n) is 14.5. The molecule has 4 N–H and O–H groups in total. The van der Waals surface area contributed by atoms with Gasteiger partial charge in [-0.05, 0) is 24.0 Å². The van der Waals surface area contributed by atoms with E-state index in [-0.39, 0.29) is 12.8 Å². The van der Waals surface area contributed by atoms with Crippen LogP contribution < -0.4 is 11.5 Å². The van der Waals surface area contributed by atoms with Gasteiger partial charge >= 0.3 is 11.9 Å². The first-order valence-corrected chi connectivity index (χ1v) is 14.5. The molecular formula is C32H32N4O8. The Balaban J connectivity index is 1.09. The van der Waals surface area contributed by atoms with Crippen molar-refractivity contribution in [3.05, 3.63) is 83.9 Å². The molecule has 0 radical (unpaired) electrons. The first kappa shape index (κ1) is 29.4. The SMILES string of the molecule is NC(Cc1ccccc1)C(=O)OCN1C(=O)C2C3C=CC(C2C1=O)C1C(=O)N(COC(=O)C(N)Cc2ccccc2)C(=O)C31. The topological polar surface area (TPSA) is 179 Å². The number of nitrogens with zero attached hydrogens (tertiary/aromatic N) is 2. The number of likely N-dealkylation sites (tertiary alicyclic amines) is 2. The molecule has 1 saturated carbocycles. The number of allylic oxidation sites excluding steroid dienone is 2. The Labute approximate surface area is 252 Å². The van der Waals surface area contributed by atoms with Crippen LogP contribution in [-0.4, -0.2) is 70.9 Å². The summed E-state index contributed by atoms with van der Waals surface area (Å²) in [6, 6.07) is 16.2. The largest absolute Gasteiger partial charge is 0.443 e. The third kappa shape index (κ3) is 5.09. The van der Waals surface area contributed by atoms with Gasteiger partial charge in [-0.3, -0.25) is 28.8 Å². The third-order valence-electron chi connectivity index (χ3n) is 9.07. The van der Waals surface area contributed by atoms with Gasteiger partial charge in [0.25, 0.3) is 0 Å². The maximum atomic E-state index is 13.5. The second kappa shape index (κ2) is 11.8. The fourth-order valence-corrected chi connectivity index (χ4v) is 6.98. The van der Waals surface area contributed by atoms with Gasteiger partial charge in [-0.1, -0.05) is 72.8 Å². The zero-order valence-electron chi connectivity index (χ0n) is 23.7. The fraction of sp³-hybridized carbons (Fsp3) is 0.375. The summed E-state index contributed by atoms with van der Waals surface area (Å²) in [5, 5.41) is 0. The van der Waals surface area contributed by atoms with E-state index in [1.165, 1.54) is 0 Å². The minimum atomic E-state index is -0.993. The van der Waals surface area contributed by atoms with E-state index in [4.69, 9.17) is 20.9 Å². The average Bonchev–Trinajstić information content (AvgIpc) is 3.45. The summed E-state index contributed by atoms with van der Waals surface area (Å²) < 4.78 is 10.5. The highest BCUT2D eigenvalue weighted by molar-refractivity contribution is 6.10. The van der Waals surface area contributed by atoms with E-state index in [1.54, 1.807) is 12.2 Å². The molecule has 3 fully saturated rings. The molecule has 228 valence electrons. The van der Waals surface area contributed by atoms with Crippen molar-refractivity contribution in [1.82, 2.24) is 9.80 Å². The van der Waals surface area contributed by atoms with Crippen molar-refractivity contribution < 1.29 is 38.2 Å². The summed E-state index contributed by atoms with van der Waals surface area (Å²) >= 11 is 0. The Morgan fingerprint density at radius 2 is 0.909 bits per heavy atom. The molecule has 4 amide bonds. The van der Waals surface area contributed by atoms with Crippen LogP contribution in [0.2, 0.25) is 0 Å². The van der Waals surface area contributed by atoms with E-state index in [2.05, 4.69) is 0 Å². The number of esters is 2. The Morgan fingerprint density at radius 3 is 1.23 bits per heavy atom. The van der Waals surface area contributed by atoms with Crippen molar-refractivity contribution in [2.24, 2.45) is 47.0 Å². The molecule has 5 aliphatic rings. The number of hydrogen-bond donors (Lipinski definition) is 2. The minimum absolute atomic E-state index is 0.221. The molecule has 2 heterocycles. The summed E-state index contributed by atoms with van der Waals surface area (Å²) in [6.45, 7) is -1.21. The predicted octanol–water partition coefficient (Wildman–Crippen LogP) is 0.146. The van der Waals surface area contributed by atoms with E-state index in [9.17, 15) is 28.8 Å². The number of benzene rings is 2. The van der Waals surface area contributed by atoms with E-state index in [0.29, 0.717) is 0 Å². The molecular weight excluding hydrogens is 568 g/mol. The van der Waals surface area contributed by atoms with Crippen LogP contribution in [-0.2, 0) is 51.1 Å².